The standard InChI is InChI=1S/C30H41NO7S/c1-19-7-9-23(10-8-19)39(35,36)37-18-25(32)38-24-17-27(4,13-14-31-34)26(33)21(3)29-11-6-12-30(29)22(16-29)15-20(2)28(24,30)5/h7-10,14,20-22,24,34H,6,11-13,15-18H2,1-5H3/b31-14+/t20-,21+,22+,24-,27+,28+,29-,30?/m1/s1. The molecule has 5 rings (SSSR count). The molecule has 0 aromatic heterocycles. The zero-order valence-corrected chi connectivity index (χ0v) is 24.4. The molecule has 214 valence electrons. The van der Waals surface area contributed by atoms with Crippen LogP contribution in [0.25, 0.3) is 0 Å². The Bertz CT molecular complexity index is 1290. The molecular weight excluding hydrogens is 518 g/mol. The van der Waals surface area contributed by atoms with Crippen molar-refractivity contribution in [3.63, 3.8) is 0 Å². The van der Waals surface area contributed by atoms with Gasteiger partial charge in [0.15, 0.2) is 6.61 Å². The van der Waals surface area contributed by atoms with Crippen LogP contribution in [0.3, 0.4) is 0 Å². The SMILES string of the molecule is Cc1ccc(S(=O)(=O)OCC(=O)O[C@@H]2C[C@](C)(C/C=N/O)C(=O)[C@H](C)[C@]34CCCC35[C@@H](C[C@@H](C)[C@@]25C)C4)cc1. The quantitative estimate of drug-likeness (QED) is 0.158. The molecule has 1 spiro atoms. The molecule has 4 aliphatic rings. The van der Waals surface area contributed by atoms with E-state index in [1.807, 2.05) is 13.8 Å². The summed E-state index contributed by atoms with van der Waals surface area (Å²) in [7, 11) is -4.14. The van der Waals surface area contributed by atoms with Gasteiger partial charge in [-0.3, -0.25) is 8.98 Å². The third-order valence-electron chi connectivity index (χ3n) is 11.7. The van der Waals surface area contributed by atoms with E-state index in [4.69, 9.17) is 8.92 Å². The Morgan fingerprint density at radius 2 is 1.85 bits per heavy atom. The van der Waals surface area contributed by atoms with Crippen LogP contribution in [0.1, 0.15) is 78.2 Å². The second kappa shape index (κ2) is 9.40. The fourth-order valence-electron chi connectivity index (χ4n) is 9.74. The van der Waals surface area contributed by atoms with Gasteiger partial charge in [0.1, 0.15) is 11.9 Å². The van der Waals surface area contributed by atoms with E-state index in [0.29, 0.717) is 5.92 Å². The number of esters is 1. The van der Waals surface area contributed by atoms with Crippen LogP contribution in [0.5, 0.6) is 0 Å². The number of hydrogen-bond acceptors (Lipinski definition) is 8. The summed E-state index contributed by atoms with van der Waals surface area (Å²) in [6.45, 7) is 9.55. The largest absolute Gasteiger partial charge is 0.460 e. The first kappa shape index (κ1) is 28.3. The first-order valence-electron chi connectivity index (χ1n) is 14.1. The lowest BCUT2D eigenvalue weighted by Gasteiger charge is -2.70. The Kier molecular flexibility index (Phi) is 6.81. The molecular formula is C30H41NO7S. The molecule has 1 unspecified atom stereocenters. The molecule has 0 radical (unpaired) electrons. The number of Topliss-reactive ketones (excluding diaryl/α,β-unsaturated/α-hetero) is 1. The highest BCUT2D eigenvalue weighted by atomic mass is 32.2. The van der Waals surface area contributed by atoms with Gasteiger partial charge in [0.2, 0.25) is 0 Å². The number of hydrogen-bond donors (Lipinski definition) is 1. The Balaban J connectivity index is 1.47. The predicted molar refractivity (Wildman–Crippen MR) is 145 cm³/mol. The maximum atomic E-state index is 14.2. The van der Waals surface area contributed by atoms with Crippen molar-refractivity contribution in [2.24, 2.45) is 44.6 Å². The number of rotatable bonds is 7. The van der Waals surface area contributed by atoms with E-state index in [-0.39, 0.29) is 51.6 Å². The Morgan fingerprint density at radius 1 is 1.15 bits per heavy atom. The summed E-state index contributed by atoms with van der Waals surface area (Å²) in [5.41, 5.74) is -0.606. The molecule has 8 nitrogen and oxygen atoms in total. The fourth-order valence-corrected chi connectivity index (χ4v) is 10.6. The van der Waals surface area contributed by atoms with E-state index < -0.39 is 34.2 Å². The fraction of sp³-hybridized carbons (Fsp3) is 0.700. The number of oxime groups is 1. The molecule has 1 aromatic rings. The third kappa shape index (κ3) is 3.85. The molecule has 9 heteroatoms. The summed E-state index contributed by atoms with van der Waals surface area (Å²) in [5.74, 6) is -0.0293. The monoisotopic (exact) mass is 559 g/mol. The highest BCUT2D eigenvalue weighted by Crippen LogP contribution is 2.85. The molecule has 39 heavy (non-hydrogen) atoms. The van der Waals surface area contributed by atoms with Gasteiger partial charge in [-0.25, -0.2) is 4.79 Å². The van der Waals surface area contributed by atoms with Crippen molar-refractivity contribution in [2.45, 2.75) is 90.6 Å². The minimum atomic E-state index is -4.14. The van der Waals surface area contributed by atoms with E-state index in [1.54, 1.807) is 12.1 Å². The summed E-state index contributed by atoms with van der Waals surface area (Å²) < 4.78 is 36.8. The summed E-state index contributed by atoms with van der Waals surface area (Å²) in [5, 5.41) is 12.4. The van der Waals surface area contributed by atoms with Crippen molar-refractivity contribution in [3.8, 4) is 0 Å². The normalized spacial score (nSPS) is 41.4. The zero-order chi connectivity index (χ0) is 28.4. The predicted octanol–water partition coefficient (Wildman–Crippen LogP) is 5.30. The van der Waals surface area contributed by atoms with Crippen molar-refractivity contribution < 1.29 is 32.1 Å². The second-order valence-corrected chi connectivity index (χ2v) is 14.8. The number of ether oxygens (including phenoxy) is 1. The number of aryl methyl sites for hydroxylation is 1. The average molecular weight is 560 g/mol. The van der Waals surface area contributed by atoms with Gasteiger partial charge < -0.3 is 9.94 Å². The Labute approximate surface area is 231 Å². The first-order valence-corrected chi connectivity index (χ1v) is 15.5. The van der Waals surface area contributed by atoms with Gasteiger partial charge in [0.25, 0.3) is 10.1 Å². The van der Waals surface area contributed by atoms with E-state index >= 15 is 0 Å². The van der Waals surface area contributed by atoms with Crippen LogP contribution in [0.2, 0.25) is 0 Å². The van der Waals surface area contributed by atoms with E-state index in [1.165, 1.54) is 18.3 Å². The first-order chi connectivity index (χ1) is 18.3. The van der Waals surface area contributed by atoms with Gasteiger partial charge in [-0.15, -0.1) is 5.16 Å². The molecule has 4 fully saturated rings. The Morgan fingerprint density at radius 3 is 2.51 bits per heavy atom. The van der Waals surface area contributed by atoms with Crippen LogP contribution >= 0.6 is 0 Å². The van der Waals surface area contributed by atoms with Crippen LogP contribution < -0.4 is 0 Å². The molecule has 0 saturated heterocycles. The summed E-state index contributed by atoms with van der Waals surface area (Å²) in [6.07, 6.45) is 6.35. The van der Waals surface area contributed by atoms with Gasteiger partial charge in [0.05, 0.1) is 4.90 Å². The van der Waals surface area contributed by atoms with Gasteiger partial charge in [-0.1, -0.05) is 51.8 Å². The number of carbonyl (C=O) groups is 2. The van der Waals surface area contributed by atoms with Gasteiger partial charge >= 0.3 is 5.97 Å². The molecule has 0 amide bonds. The lowest BCUT2D eigenvalue weighted by Crippen LogP contribution is -2.68. The molecule has 1 N–H and O–H groups in total. The number of ketones is 1. The lowest BCUT2D eigenvalue weighted by molar-refractivity contribution is -0.243. The van der Waals surface area contributed by atoms with Crippen LogP contribution in [0, 0.1) is 46.3 Å². The molecule has 4 aliphatic carbocycles. The minimum absolute atomic E-state index is 0.0226. The van der Waals surface area contributed by atoms with E-state index in [9.17, 15) is 23.2 Å². The van der Waals surface area contributed by atoms with Gasteiger partial charge in [-0.2, -0.15) is 8.42 Å². The number of benzene rings is 1. The van der Waals surface area contributed by atoms with Crippen molar-refractivity contribution >= 4 is 28.1 Å². The molecule has 1 aromatic carbocycles. The smallest absolute Gasteiger partial charge is 0.333 e. The number of nitrogens with zero attached hydrogens (tertiary/aromatic N) is 1. The molecule has 0 heterocycles. The van der Waals surface area contributed by atoms with Crippen LogP contribution in [-0.2, 0) is 28.6 Å². The summed E-state index contributed by atoms with van der Waals surface area (Å²) >= 11 is 0. The molecule has 8 atom stereocenters. The van der Waals surface area contributed by atoms with Crippen LogP contribution in [0.15, 0.2) is 34.3 Å². The van der Waals surface area contributed by atoms with Gasteiger partial charge in [0, 0.05) is 23.0 Å². The highest BCUT2D eigenvalue weighted by Gasteiger charge is 2.82. The highest BCUT2D eigenvalue weighted by molar-refractivity contribution is 7.86. The minimum Gasteiger partial charge on any atom is -0.460 e. The van der Waals surface area contributed by atoms with Crippen molar-refractivity contribution in [2.75, 3.05) is 6.61 Å². The summed E-state index contributed by atoms with van der Waals surface area (Å²) in [6, 6.07) is 6.23. The van der Waals surface area contributed by atoms with Crippen LogP contribution in [-0.4, -0.2) is 44.3 Å². The maximum Gasteiger partial charge on any atom is 0.333 e. The topological polar surface area (TPSA) is 119 Å². The van der Waals surface area contributed by atoms with Crippen molar-refractivity contribution in [1.82, 2.24) is 0 Å². The van der Waals surface area contributed by atoms with E-state index in [0.717, 1.165) is 37.7 Å². The molecule has 0 bridgehead atoms. The zero-order valence-electron chi connectivity index (χ0n) is 23.6. The number of carbonyl (C=O) groups excluding carboxylic acids is 2. The third-order valence-corrected chi connectivity index (χ3v) is 13.0. The Hall–Kier alpha value is -2.26. The van der Waals surface area contributed by atoms with Crippen LogP contribution in [0.4, 0.5) is 0 Å². The van der Waals surface area contributed by atoms with E-state index in [2.05, 4.69) is 25.9 Å². The lowest BCUT2D eigenvalue weighted by atomic mass is 9.34. The van der Waals surface area contributed by atoms with Crippen molar-refractivity contribution in [1.29, 1.82) is 0 Å². The molecule has 4 saturated carbocycles. The maximum absolute atomic E-state index is 14.2. The summed E-state index contributed by atoms with van der Waals surface area (Å²) in [4.78, 5) is 27.4. The molecule has 0 aliphatic heterocycles. The average Bonchev–Trinajstić information content (AvgIpc) is 3.28. The van der Waals surface area contributed by atoms with Crippen molar-refractivity contribution in [3.05, 3.63) is 29.8 Å². The second-order valence-electron chi connectivity index (χ2n) is 13.2. The van der Waals surface area contributed by atoms with Gasteiger partial charge in [-0.05, 0) is 80.2 Å².